The van der Waals surface area contributed by atoms with Crippen LogP contribution >= 0.6 is 0 Å². The molecule has 0 aromatic heterocycles. The summed E-state index contributed by atoms with van der Waals surface area (Å²) in [7, 11) is 0. The van der Waals surface area contributed by atoms with Gasteiger partial charge in [0.15, 0.2) is 0 Å². The maximum atomic E-state index is 5.94. The van der Waals surface area contributed by atoms with Crippen LogP contribution in [0, 0.1) is 5.92 Å². The highest BCUT2D eigenvalue weighted by Gasteiger charge is 2.36. The van der Waals surface area contributed by atoms with E-state index in [0.29, 0.717) is 0 Å². The van der Waals surface area contributed by atoms with Gasteiger partial charge in [-0.15, -0.1) is 0 Å². The van der Waals surface area contributed by atoms with Gasteiger partial charge in [0.25, 0.3) is 0 Å². The molecule has 2 fully saturated rings. The van der Waals surface area contributed by atoms with Crippen molar-refractivity contribution in [2.75, 3.05) is 19.7 Å². The van der Waals surface area contributed by atoms with Crippen molar-refractivity contribution in [3.05, 3.63) is 0 Å². The van der Waals surface area contributed by atoms with Crippen molar-refractivity contribution in [3.63, 3.8) is 0 Å². The van der Waals surface area contributed by atoms with Crippen molar-refractivity contribution in [1.82, 2.24) is 5.32 Å². The van der Waals surface area contributed by atoms with Crippen molar-refractivity contribution in [1.29, 1.82) is 0 Å². The Balaban J connectivity index is 0. The molecular formula is C16H37NO. The molecule has 18 heavy (non-hydrogen) atoms. The number of hydrogen-bond donors (Lipinski definition) is 1. The van der Waals surface area contributed by atoms with Crippen molar-refractivity contribution < 1.29 is 4.74 Å². The van der Waals surface area contributed by atoms with E-state index in [1.165, 1.54) is 25.7 Å². The van der Waals surface area contributed by atoms with Crippen molar-refractivity contribution in [2.45, 2.75) is 79.8 Å². The number of rotatable bonds is 0. The molecule has 0 radical (unpaired) electrons. The van der Waals surface area contributed by atoms with Gasteiger partial charge >= 0.3 is 0 Å². The Morgan fingerprint density at radius 3 is 1.89 bits per heavy atom. The lowest BCUT2D eigenvalue weighted by molar-refractivity contribution is -0.110. The van der Waals surface area contributed by atoms with Crippen LogP contribution in [0.4, 0.5) is 0 Å². The van der Waals surface area contributed by atoms with Crippen LogP contribution in [-0.4, -0.2) is 25.3 Å². The molecule has 2 heterocycles. The van der Waals surface area contributed by atoms with Crippen LogP contribution in [0.5, 0.6) is 0 Å². The van der Waals surface area contributed by atoms with E-state index in [2.05, 4.69) is 12.2 Å². The summed E-state index contributed by atoms with van der Waals surface area (Å²) in [6.45, 7) is 17.6. The molecule has 0 aromatic rings. The lowest BCUT2D eigenvalue weighted by Gasteiger charge is -2.42. The van der Waals surface area contributed by atoms with E-state index < -0.39 is 0 Å². The van der Waals surface area contributed by atoms with Crippen molar-refractivity contribution >= 4 is 0 Å². The van der Waals surface area contributed by atoms with Crippen LogP contribution < -0.4 is 5.32 Å². The second-order valence-corrected chi connectivity index (χ2v) is 4.38. The Kier molecular flexibility index (Phi) is 15.0. The average Bonchev–Trinajstić information content (AvgIpc) is 2.46. The largest absolute Gasteiger partial charge is 0.375 e. The highest BCUT2D eigenvalue weighted by atomic mass is 16.5. The van der Waals surface area contributed by atoms with Crippen LogP contribution in [-0.2, 0) is 4.74 Å². The maximum Gasteiger partial charge on any atom is 0.0709 e. The minimum absolute atomic E-state index is 0.267. The fraction of sp³-hybridized carbons (Fsp3) is 1.00. The Labute approximate surface area is 116 Å². The van der Waals surface area contributed by atoms with Gasteiger partial charge in [0, 0.05) is 6.61 Å². The van der Waals surface area contributed by atoms with E-state index in [0.717, 1.165) is 25.6 Å². The van der Waals surface area contributed by atoms with E-state index in [-0.39, 0.29) is 5.60 Å². The zero-order valence-corrected chi connectivity index (χ0v) is 13.9. The summed E-state index contributed by atoms with van der Waals surface area (Å²) in [6.07, 6.45) is 4.98. The Morgan fingerprint density at radius 1 is 0.944 bits per heavy atom. The molecule has 0 aliphatic carbocycles. The van der Waals surface area contributed by atoms with Crippen LogP contribution in [0.2, 0.25) is 0 Å². The van der Waals surface area contributed by atoms with Crippen molar-refractivity contribution in [3.8, 4) is 0 Å². The summed E-state index contributed by atoms with van der Waals surface area (Å²) in [6, 6.07) is 0. The van der Waals surface area contributed by atoms with Gasteiger partial charge < -0.3 is 10.1 Å². The first-order valence-corrected chi connectivity index (χ1v) is 8.15. The molecular weight excluding hydrogens is 222 g/mol. The smallest absolute Gasteiger partial charge is 0.0709 e. The molecule has 1 spiro atoms. The van der Waals surface area contributed by atoms with Crippen molar-refractivity contribution in [2.24, 2.45) is 5.92 Å². The quantitative estimate of drug-likeness (QED) is 0.684. The van der Waals surface area contributed by atoms with E-state index >= 15 is 0 Å². The Morgan fingerprint density at radius 2 is 1.44 bits per heavy atom. The molecule has 2 nitrogen and oxygen atoms in total. The third-order valence-corrected chi connectivity index (χ3v) is 3.25. The number of piperidine rings is 1. The highest BCUT2D eigenvalue weighted by molar-refractivity contribution is 4.89. The molecule has 0 amide bonds. The molecule has 2 heteroatoms. The minimum atomic E-state index is 0.267. The van der Waals surface area contributed by atoms with E-state index in [9.17, 15) is 0 Å². The molecule has 1 atom stereocenters. The van der Waals surface area contributed by atoms with Crippen LogP contribution in [0.3, 0.4) is 0 Å². The predicted octanol–water partition coefficient (Wildman–Crippen LogP) is 4.63. The fourth-order valence-corrected chi connectivity index (χ4v) is 2.50. The molecule has 112 valence electrons. The van der Waals surface area contributed by atoms with Gasteiger partial charge in [-0.1, -0.05) is 48.5 Å². The SMILES string of the molecule is CC.CC.CC.CC1CCOC2(CCNCC2)C1. The highest BCUT2D eigenvalue weighted by Crippen LogP contribution is 2.35. The number of hydrogen-bond acceptors (Lipinski definition) is 2. The summed E-state index contributed by atoms with van der Waals surface area (Å²) in [5.74, 6) is 0.872. The topological polar surface area (TPSA) is 21.3 Å². The molecule has 0 aromatic carbocycles. The Hall–Kier alpha value is -0.0800. The zero-order valence-electron chi connectivity index (χ0n) is 13.9. The molecule has 2 aliphatic rings. The second kappa shape index (κ2) is 13.4. The first-order valence-electron chi connectivity index (χ1n) is 8.15. The van der Waals surface area contributed by atoms with Gasteiger partial charge in [0.1, 0.15) is 0 Å². The molecule has 1 N–H and O–H groups in total. The average molecular weight is 259 g/mol. The van der Waals surface area contributed by atoms with Crippen LogP contribution in [0.1, 0.15) is 74.1 Å². The monoisotopic (exact) mass is 259 g/mol. The second-order valence-electron chi connectivity index (χ2n) is 4.38. The lowest BCUT2D eigenvalue weighted by atomic mass is 9.81. The van der Waals surface area contributed by atoms with Gasteiger partial charge in [-0.05, 0) is 44.7 Å². The van der Waals surface area contributed by atoms with E-state index in [1.54, 1.807) is 0 Å². The summed E-state index contributed by atoms with van der Waals surface area (Å²) >= 11 is 0. The van der Waals surface area contributed by atoms with Gasteiger partial charge in [-0.2, -0.15) is 0 Å². The fourth-order valence-electron chi connectivity index (χ4n) is 2.50. The third kappa shape index (κ3) is 7.38. The molecule has 0 saturated carbocycles. The van der Waals surface area contributed by atoms with Crippen LogP contribution in [0.25, 0.3) is 0 Å². The summed E-state index contributed by atoms with van der Waals surface area (Å²) in [5, 5.41) is 3.39. The van der Waals surface area contributed by atoms with Gasteiger partial charge in [-0.3, -0.25) is 0 Å². The van der Waals surface area contributed by atoms with E-state index in [4.69, 9.17) is 4.74 Å². The molecule has 2 aliphatic heterocycles. The van der Waals surface area contributed by atoms with Gasteiger partial charge in [0.05, 0.1) is 5.60 Å². The summed E-state index contributed by atoms with van der Waals surface area (Å²) in [4.78, 5) is 0. The number of ether oxygens (including phenoxy) is 1. The molecule has 2 rings (SSSR count). The standard InChI is InChI=1S/C10H19NO.3C2H6/c1-9-2-7-12-10(8-9)3-5-11-6-4-10;3*1-2/h9,11H,2-8H2,1H3;3*1-2H3. The summed E-state index contributed by atoms with van der Waals surface area (Å²) < 4.78 is 5.94. The molecule has 0 bridgehead atoms. The summed E-state index contributed by atoms with van der Waals surface area (Å²) in [5.41, 5.74) is 0.267. The molecule has 1 unspecified atom stereocenters. The lowest BCUT2D eigenvalue weighted by Crippen LogP contribution is -2.47. The predicted molar refractivity (Wildman–Crippen MR) is 83.2 cm³/mol. The van der Waals surface area contributed by atoms with E-state index in [1.807, 2.05) is 41.5 Å². The van der Waals surface area contributed by atoms with Gasteiger partial charge in [-0.25, -0.2) is 0 Å². The normalized spacial score (nSPS) is 24.5. The first-order chi connectivity index (χ1) is 8.81. The Bertz CT molecular complexity index is 148. The third-order valence-electron chi connectivity index (χ3n) is 3.25. The maximum absolute atomic E-state index is 5.94. The first kappa shape index (κ1) is 20.2. The zero-order chi connectivity index (χ0) is 14.4. The number of nitrogens with one attached hydrogen (secondary N) is 1. The van der Waals surface area contributed by atoms with Crippen LogP contribution in [0.15, 0.2) is 0 Å². The van der Waals surface area contributed by atoms with Gasteiger partial charge in [0.2, 0.25) is 0 Å². The minimum Gasteiger partial charge on any atom is -0.375 e. The molecule has 2 saturated heterocycles.